The second kappa shape index (κ2) is 23.9. The van der Waals surface area contributed by atoms with Crippen molar-refractivity contribution >= 4 is 30.3 Å². The molecule has 0 aliphatic heterocycles. The predicted molar refractivity (Wildman–Crippen MR) is 153 cm³/mol. The van der Waals surface area contributed by atoms with Crippen molar-refractivity contribution in [1.29, 1.82) is 0 Å². The van der Waals surface area contributed by atoms with E-state index < -0.39 is 35.0 Å². The number of nitrogens with one attached hydrogen (secondary N) is 2. The average molecular weight is 651 g/mol. The number of hydrogen-bond donors (Lipinski definition) is 3. The summed E-state index contributed by atoms with van der Waals surface area (Å²) in [6.07, 6.45) is 0.571. The zero-order valence-corrected chi connectivity index (χ0v) is 27.6. The number of H-pyrrole nitrogens is 1. The van der Waals surface area contributed by atoms with Crippen LogP contribution >= 0.6 is 12.4 Å². The number of rotatable bonds is 10. The van der Waals surface area contributed by atoms with E-state index in [4.69, 9.17) is 10.6 Å². The number of benzene rings is 2. The Morgan fingerprint density at radius 1 is 0.932 bits per heavy atom. The molecule has 2 aromatic carbocycles. The Kier molecular flexibility index (Phi) is 23.1. The molecule has 0 aliphatic carbocycles. The number of halogens is 3. The molecule has 0 aliphatic rings. The quantitative estimate of drug-likeness (QED) is 0.0474. The zero-order chi connectivity index (χ0) is 31.5. The van der Waals surface area contributed by atoms with Gasteiger partial charge in [0.15, 0.2) is 0 Å². The van der Waals surface area contributed by atoms with Crippen LogP contribution in [0.2, 0.25) is 0 Å². The standard InChI is InChI=1S/C13H13FN2O3.C8H12O5.C7H9FN2.ClH.Na/c1-2-19-13(18)11-7-12(17)16(15-11)8-9-5-3-4-6-10(9)14;1-3-12-7(10)5-6(9)8(11)13-4-2;8-7-4-2-1-3-6(7)5-10-9;;/h3-7,15H,2,8H2,1H3;5,9H,3-4H2,1-2H3;1-4,10H,5,9H2;1H;/q;;;;+1/p-1/b;6-5-;;;. The van der Waals surface area contributed by atoms with Crippen molar-refractivity contribution in [3.05, 3.63) is 105 Å². The molecule has 1 heterocycles. The van der Waals surface area contributed by atoms with Crippen LogP contribution in [0, 0.1) is 11.6 Å². The van der Waals surface area contributed by atoms with Crippen LogP contribution < -0.4 is 51.5 Å². The minimum Gasteiger partial charge on any atom is -0.867 e. The zero-order valence-electron chi connectivity index (χ0n) is 24.8. The number of hydrogen-bond acceptors (Lipinski definition) is 10. The van der Waals surface area contributed by atoms with Crippen LogP contribution in [-0.4, -0.2) is 47.5 Å². The molecule has 4 N–H and O–H groups in total. The van der Waals surface area contributed by atoms with Crippen LogP contribution in [0.25, 0.3) is 0 Å². The topological polar surface area (TPSA) is 178 Å². The number of ether oxygens (including phenoxy) is 3. The van der Waals surface area contributed by atoms with Gasteiger partial charge in [0.25, 0.3) is 5.56 Å². The summed E-state index contributed by atoms with van der Waals surface area (Å²) in [5.74, 6) is 0.907. The molecule has 44 heavy (non-hydrogen) atoms. The summed E-state index contributed by atoms with van der Waals surface area (Å²) in [5, 5.41) is 13.4. The molecule has 0 unspecified atom stereocenters. The minimum absolute atomic E-state index is 0. The van der Waals surface area contributed by atoms with Crippen LogP contribution in [0.3, 0.4) is 0 Å². The van der Waals surface area contributed by atoms with Gasteiger partial charge in [-0.15, -0.1) is 12.4 Å². The van der Waals surface area contributed by atoms with Gasteiger partial charge in [-0.25, -0.2) is 27.8 Å². The largest absolute Gasteiger partial charge is 1.00 e. The SMILES string of the molecule is CCOC(=O)/C=C(\[O-])C(=O)OCC.CCOC(=O)c1cc(=O)n(Cc2ccccc2F)[nH]1.Cl.NNCc1ccccc1F.[Na+]. The molecule has 16 heteroatoms. The fraction of sp³-hybridized carbons (Fsp3) is 0.286. The third kappa shape index (κ3) is 15.8. The molecule has 0 amide bonds. The van der Waals surface area contributed by atoms with Crippen LogP contribution in [-0.2, 0) is 36.9 Å². The number of aromatic amines is 1. The Morgan fingerprint density at radius 2 is 1.45 bits per heavy atom. The van der Waals surface area contributed by atoms with Gasteiger partial charge in [0.05, 0.1) is 26.4 Å². The van der Waals surface area contributed by atoms with Crippen molar-refractivity contribution < 1.29 is 72.0 Å². The fourth-order valence-electron chi connectivity index (χ4n) is 2.97. The molecule has 0 radical (unpaired) electrons. The van der Waals surface area contributed by atoms with Crippen molar-refractivity contribution in [3.63, 3.8) is 0 Å². The van der Waals surface area contributed by atoms with Crippen molar-refractivity contribution in [2.45, 2.75) is 33.9 Å². The molecule has 3 rings (SSSR count). The van der Waals surface area contributed by atoms with E-state index in [1.807, 2.05) is 0 Å². The van der Waals surface area contributed by atoms with Gasteiger partial charge in [-0.2, -0.15) is 0 Å². The summed E-state index contributed by atoms with van der Waals surface area (Å²) < 4.78 is 40.9. The van der Waals surface area contributed by atoms with E-state index in [2.05, 4.69) is 20.0 Å². The predicted octanol–water partition coefficient (Wildman–Crippen LogP) is -0.888. The molecule has 12 nitrogen and oxygen atoms in total. The van der Waals surface area contributed by atoms with Crippen LogP contribution in [0.5, 0.6) is 0 Å². The van der Waals surface area contributed by atoms with E-state index in [0.29, 0.717) is 23.7 Å². The maximum absolute atomic E-state index is 13.5. The molecule has 236 valence electrons. The molecular formula is C28H34ClF2N4NaO8. The maximum Gasteiger partial charge on any atom is 1.00 e. The third-order valence-electron chi connectivity index (χ3n) is 4.83. The number of nitrogens with zero attached hydrogens (tertiary/aromatic N) is 1. The first-order chi connectivity index (χ1) is 20.1. The minimum atomic E-state index is -1.05. The summed E-state index contributed by atoms with van der Waals surface area (Å²) in [7, 11) is 0. The monoisotopic (exact) mass is 650 g/mol. The van der Waals surface area contributed by atoms with Gasteiger partial charge in [0, 0.05) is 29.8 Å². The number of hydrazine groups is 1. The first kappa shape index (κ1) is 42.6. The molecule has 0 bridgehead atoms. The van der Waals surface area contributed by atoms with E-state index in [1.54, 1.807) is 57.2 Å². The van der Waals surface area contributed by atoms with Crippen molar-refractivity contribution in [1.82, 2.24) is 15.2 Å². The maximum atomic E-state index is 13.5. The molecule has 1 aromatic heterocycles. The van der Waals surface area contributed by atoms with Crippen LogP contribution in [0.1, 0.15) is 42.4 Å². The third-order valence-corrected chi connectivity index (χ3v) is 4.83. The Bertz CT molecular complexity index is 1400. The van der Waals surface area contributed by atoms with E-state index in [-0.39, 0.29) is 79.8 Å². The van der Waals surface area contributed by atoms with Gasteiger partial charge in [-0.3, -0.25) is 21.2 Å². The van der Waals surface area contributed by atoms with Gasteiger partial charge in [0.2, 0.25) is 0 Å². The molecule has 0 spiro atoms. The molecule has 3 aromatic rings. The van der Waals surface area contributed by atoms with Gasteiger partial charge < -0.3 is 19.3 Å². The van der Waals surface area contributed by atoms with Crippen LogP contribution in [0.4, 0.5) is 8.78 Å². The Morgan fingerprint density at radius 3 is 1.95 bits per heavy atom. The average Bonchev–Trinajstić information content (AvgIpc) is 3.32. The number of carbonyl (C=O) groups excluding carboxylic acids is 3. The first-order valence-corrected chi connectivity index (χ1v) is 12.7. The van der Waals surface area contributed by atoms with Gasteiger partial charge in [-0.1, -0.05) is 36.4 Å². The smallest absolute Gasteiger partial charge is 0.867 e. The van der Waals surface area contributed by atoms with Gasteiger partial charge in [-0.05, 0) is 38.7 Å². The second-order valence-corrected chi connectivity index (χ2v) is 7.86. The molecular weight excluding hydrogens is 617 g/mol. The molecule has 0 atom stereocenters. The summed E-state index contributed by atoms with van der Waals surface area (Å²) in [4.78, 5) is 44.4. The molecule has 0 fully saturated rings. The number of carbonyl (C=O) groups is 3. The fourth-order valence-corrected chi connectivity index (χ4v) is 2.97. The summed E-state index contributed by atoms with van der Waals surface area (Å²) in [6, 6.07) is 13.8. The van der Waals surface area contributed by atoms with Gasteiger partial charge in [0.1, 0.15) is 17.3 Å². The van der Waals surface area contributed by atoms with Gasteiger partial charge >= 0.3 is 47.5 Å². The van der Waals surface area contributed by atoms with Crippen molar-refractivity contribution in [3.8, 4) is 0 Å². The summed E-state index contributed by atoms with van der Waals surface area (Å²) in [6.45, 7) is 5.71. The first-order valence-electron chi connectivity index (χ1n) is 12.7. The van der Waals surface area contributed by atoms with E-state index in [0.717, 1.165) is 10.7 Å². The number of esters is 3. The molecule has 0 saturated heterocycles. The van der Waals surface area contributed by atoms with Crippen molar-refractivity contribution in [2.75, 3.05) is 19.8 Å². The Labute approximate surface area is 281 Å². The number of aromatic nitrogens is 2. The summed E-state index contributed by atoms with van der Waals surface area (Å²) >= 11 is 0. The normalized spacial score (nSPS) is 9.91. The van der Waals surface area contributed by atoms with Crippen LogP contribution in [0.15, 0.2) is 71.2 Å². The number of nitrogens with two attached hydrogens (primary N) is 1. The van der Waals surface area contributed by atoms with Crippen molar-refractivity contribution in [2.24, 2.45) is 5.84 Å². The van der Waals surface area contributed by atoms with E-state index in [1.165, 1.54) is 12.1 Å². The Hall–Kier alpha value is -3.53. The Balaban J connectivity index is 0. The second-order valence-electron chi connectivity index (χ2n) is 7.86. The molecule has 0 saturated carbocycles. The van der Waals surface area contributed by atoms with E-state index in [9.17, 15) is 33.1 Å². The van der Waals surface area contributed by atoms with E-state index >= 15 is 0 Å². The summed E-state index contributed by atoms with van der Waals surface area (Å²) in [5.41, 5.74) is 2.98.